The van der Waals surface area contributed by atoms with E-state index >= 15 is 0 Å². The Kier molecular flexibility index (Phi) is 8.52. The number of carbonyl (C=O) groups excluding carboxylic acids is 2. The van der Waals surface area contributed by atoms with E-state index in [1.54, 1.807) is 18.0 Å². The first-order valence-corrected chi connectivity index (χ1v) is 13.5. The zero-order valence-electron chi connectivity index (χ0n) is 21.0. The summed E-state index contributed by atoms with van der Waals surface area (Å²) in [4.78, 5) is 30.4. The molecule has 4 rings (SSSR count). The van der Waals surface area contributed by atoms with E-state index in [0.717, 1.165) is 43.8 Å². The van der Waals surface area contributed by atoms with Gasteiger partial charge in [0, 0.05) is 49.6 Å². The molecule has 2 fully saturated rings. The molecule has 198 valence electrons. The first-order valence-electron chi connectivity index (χ1n) is 12.6. The molecule has 0 aromatic heterocycles. The SMILES string of the molecule is CCN(CCNC(=O)C1CCC2S/C(=C\c3ccc(C(F)(F)F)cc3)C(=O)N(C)C2C1)c1ccccc1. The van der Waals surface area contributed by atoms with Gasteiger partial charge in [-0.3, -0.25) is 9.59 Å². The summed E-state index contributed by atoms with van der Waals surface area (Å²) in [6.07, 6.45) is -0.594. The molecule has 9 heteroatoms. The maximum absolute atomic E-state index is 13.1. The van der Waals surface area contributed by atoms with Crippen LogP contribution in [0.2, 0.25) is 0 Å². The highest BCUT2D eigenvalue weighted by Gasteiger charge is 2.42. The van der Waals surface area contributed by atoms with Gasteiger partial charge in [-0.15, -0.1) is 11.8 Å². The number of hydrogen-bond acceptors (Lipinski definition) is 4. The van der Waals surface area contributed by atoms with E-state index in [1.165, 1.54) is 23.9 Å². The summed E-state index contributed by atoms with van der Waals surface area (Å²) >= 11 is 1.48. The number of benzene rings is 2. The minimum atomic E-state index is -4.39. The van der Waals surface area contributed by atoms with Crippen molar-refractivity contribution in [2.24, 2.45) is 5.92 Å². The highest BCUT2D eigenvalue weighted by Crippen LogP contribution is 2.43. The second-order valence-corrected chi connectivity index (χ2v) is 10.8. The Morgan fingerprint density at radius 2 is 1.84 bits per heavy atom. The third-order valence-electron chi connectivity index (χ3n) is 7.15. The number of halogens is 3. The van der Waals surface area contributed by atoms with E-state index in [-0.39, 0.29) is 29.0 Å². The Labute approximate surface area is 220 Å². The lowest BCUT2D eigenvalue weighted by Gasteiger charge is -2.44. The molecule has 1 aliphatic carbocycles. The lowest BCUT2D eigenvalue weighted by atomic mass is 9.83. The average Bonchev–Trinajstić information content (AvgIpc) is 2.89. The smallest absolute Gasteiger partial charge is 0.370 e. The molecular formula is C28H32F3N3O2S. The van der Waals surface area contributed by atoms with Crippen LogP contribution >= 0.6 is 11.8 Å². The van der Waals surface area contributed by atoms with Crippen LogP contribution in [0.5, 0.6) is 0 Å². The Morgan fingerprint density at radius 3 is 2.49 bits per heavy atom. The maximum atomic E-state index is 13.1. The summed E-state index contributed by atoms with van der Waals surface area (Å²) < 4.78 is 38.5. The first-order chi connectivity index (χ1) is 17.7. The molecule has 2 aromatic carbocycles. The topological polar surface area (TPSA) is 52.7 Å². The van der Waals surface area contributed by atoms with Crippen molar-refractivity contribution in [2.75, 3.05) is 31.6 Å². The number of likely N-dealkylation sites (N-methyl/N-ethyl adjacent to an activating group) is 2. The molecule has 1 N–H and O–H groups in total. The predicted molar refractivity (Wildman–Crippen MR) is 142 cm³/mol. The van der Waals surface area contributed by atoms with Crippen LogP contribution in [-0.4, -0.2) is 54.7 Å². The van der Waals surface area contributed by atoms with Gasteiger partial charge in [0.15, 0.2) is 0 Å². The normalized spacial score (nSPS) is 23.1. The molecule has 37 heavy (non-hydrogen) atoms. The first kappa shape index (κ1) is 27.1. The van der Waals surface area contributed by atoms with Gasteiger partial charge < -0.3 is 15.1 Å². The van der Waals surface area contributed by atoms with Gasteiger partial charge in [0.1, 0.15) is 0 Å². The van der Waals surface area contributed by atoms with Crippen LogP contribution in [0, 0.1) is 5.92 Å². The van der Waals surface area contributed by atoms with Gasteiger partial charge in [-0.05, 0) is 62.1 Å². The number of fused-ring (bicyclic) bond motifs is 1. The van der Waals surface area contributed by atoms with E-state index in [2.05, 4.69) is 29.3 Å². The number of anilines is 1. The third-order valence-corrected chi connectivity index (χ3v) is 8.55. The third kappa shape index (κ3) is 6.50. The summed E-state index contributed by atoms with van der Waals surface area (Å²) in [5.41, 5.74) is 0.966. The molecule has 0 spiro atoms. The van der Waals surface area contributed by atoms with Crippen LogP contribution in [0.25, 0.3) is 6.08 Å². The summed E-state index contributed by atoms with van der Waals surface area (Å²) in [5.74, 6) is -0.280. The highest BCUT2D eigenvalue weighted by atomic mass is 32.2. The maximum Gasteiger partial charge on any atom is 0.416 e. The van der Waals surface area contributed by atoms with Gasteiger partial charge >= 0.3 is 6.18 Å². The molecule has 0 radical (unpaired) electrons. The van der Waals surface area contributed by atoms with Crippen molar-refractivity contribution in [1.82, 2.24) is 10.2 Å². The largest absolute Gasteiger partial charge is 0.416 e. The molecule has 0 bridgehead atoms. The van der Waals surface area contributed by atoms with Crippen LogP contribution in [-0.2, 0) is 15.8 Å². The number of carbonyl (C=O) groups is 2. The predicted octanol–water partition coefficient (Wildman–Crippen LogP) is 5.43. The number of nitrogens with one attached hydrogen (secondary N) is 1. The second-order valence-electron chi connectivity index (χ2n) is 9.48. The van der Waals surface area contributed by atoms with Gasteiger partial charge in [0.05, 0.1) is 10.5 Å². The van der Waals surface area contributed by atoms with Gasteiger partial charge in [0.2, 0.25) is 5.91 Å². The number of thioether (sulfide) groups is 1. The Bertz CT molecular complexity index is 1120. The van der Waals surface area contributed by atoms with Crippen LogP contribution in [0.4, 0.5) is 18.9 Å². The Balaban J connectivity index is 1.33. The van der Waals surface area contributed by atoms with Crippen molar-refractivity contribution in [1.29, 1.82) is 0 Å². The zero-order chi connectivity index (χ0) is 26.6. The summed E-state index contributed by atoms with van der Waals surface area (Å²) in [5, 5.41) is 3.24. The van der Waals surface area contributed by atoms with E-state index in [9.17, 15) is 22.8 Å². The Morgan fingerprint density at radius 1 is 1.14 bits per heavy atom. The van der Waals surface area contributed by atoms with E-state index in [4.69, 9.17) is 0 Å². The lowest BCUT2D eigenvalue weighted by molar-refractivity contribution is -0.137. The van der Waals surface area contributed by atoms with Crippen molar-refractivity contribution < 1.29 is 22.8 Å². The van der Waals surface area contributed by atoms with Gasteiger partial charge in [-0.2, -0.15) is 13.2 Å². The molecule has 1 aliphatic heterocycles. The molecule has 1 saturated heterocycles. The number of hydrogen-bond donors (Lipinski definition) is 1. The van der Waals surface area contributed by atoms with Gasteiger partial charge in [0.25, 0.3) is 5.91 Å². The number of rotatable bonds is 7. The number of amides is 2. The Hall–Kier alpha value is -2.94. The number of alkyl halides is 3. The fourth-order valence-electron chi connectivity index (χ4n) is 5.02. The van der Waals surface area contributed by atoms with E-state index in [1.807, 2.05) is 18.2 Å². The van der Waals surface area contributed by atoms with Crippen molar-refractivity contribution in [2.45, 2.75) is 43.7 Å². The quantitative estimate of drug-likeness (QED) is 0.484. The summed E-state index contributed by atoms with van der Waals surface area (Å²) in [7, 11) is 1.75. The van der Waals surface area contributed by atoms with Crippen LogP contribution in [0.1, 0.15) is 37.3 Å². The molecule has 1 heterocycles. The minimum Gasteiger partial charge on any atom is -0.370 e. The molecule has 1 saturated carbocycles. The molecule has 2 aliphatic rings. The van der Waals surface area contributed by atoms with E-state index in [0.29, 0.717) is 23.4 Å². The standard InChI is InChI=1S/C28H32F3N3O2S/c1-3-34(22-7-5-4-6-8-22)16-15-32-26(35)20-11-14-24-23(18-20)33(2)27(36)25(37-24)17-19-9-12-21(13-10-19)28(29,30)31/h4-10,12-13,17,20,23-24H,3,11,14-16,18H2,1-2H3,(H,32,35)/b25-17-. The summed E-state index contributed by atoms with van der Waals surface area (Å²) in [6.45, 7) is 4.20. The van der Waals surface area contributed by atoms with Crippen molar-refractivity contribution in [3.63, 3.8) is 0 Å². The molecular weight excluding hydrogens is 499 g/mol. The fraction of sp³-hybridized carbons (Fsp3) is 0.429. The zero-order valence-corrected chi connectivity index (χ0v) is 21.8. The van der Waals surface area contributed by atoms with Crippen molar-refractivity contribution in [3.05, 3.63) is 70.6 Å². The lowest BCUT2D eigenvalue weighted by Crippen LogP contribution is -2.52. The monoisotopic (exact) mass is 531 g/mol. The van der Waals surface area contributed by atoms with Crippen molar-refractivity contribution in [3.8, 4) is 0 Å². The van der Waals surface area contributed by atoms with Crippen LogP contribution in [0.3, 0.4) is 0 Å². The highest BCUT2D eigenvalue weighted by molar-refractivity contribution is 8.04. The summed E-state index contributed by atoms with van der Waals surface area (Å²) in [6, 6.07) is 14.9. The van der Waals surface area contributed by atoms with Crippen LogP contribution < -0.4 is 10.2 Å². The molecule has 2 aromatic rings. The molecule has 5 nitrogen and oxygen atoms in total. The minimum absolute atomic E-state index is 0.0273. The number of nitrogens with zero attached hydrogens (tertiary/aromatic N) is 2. The average molecular weight is 532 g/mol. The fourth-order valence-corrected chi connectivity index (χ4v) is 6.50. The number of para-hydroxylation sites is 1. The van der Waals surface area contributed by atoms with Crippen molar-refractivity contribution >= 4 is 35.3 Å². The molecule has 2 amide bonds. The van der Waals surface area contributed by atoms with Gasteiger partial charge in [-0.1, -0.05) is 30.3 Å². The second kappa shape index (κ2) is 11.6. The molecule has 3 unspecified atom stereocenters. The van der Waals surface area contributed by atoms with Gasteiger partial charge in [-0.25, -0.2) is 0 Å². The van der Waals surface area contributed by atoms with Crippen LogP contribution in [0.15, 0.2) is 59.5 Å². The van der Waals surface area contributed by atoms with E-state index < -0.39 is 11.7 Å². The molecule has 3 atom stereocenters.